The van der Waals surface area contributed by atoms with E-state index in [1.807, 2.05) is 48.5 Å². The zero-order valence-electron chi connectivity index (χ0n) is 18.3. The van der Waals surface area contributed by atoms with Gasteiger partial charge in [0.15, 0.2) is 0 Å². The van der Waals surface area contributed by atoms with Crippen LogP contribution in [0.25, 0.3) is 33.5 Å². The number of Topliss-reactive ketones (excluding diaryl/α,β-unsaturated/α-hetero) is 1. The number of carbonyl (C=O) groups is 2. The molecule has 0 spiro atoms. The Morgan fingerprint density at radius 1 is 0.848 bits per heavy atom. The molecule has 2 N–H and O–H groups in total. The predicted molar refractivity (Wildman–Crippen MR) is 130 cm³/mol. The van der Waals surface area contributed by atoms with Crippen molar-refractivity contribution in [1.29, 1.82) is 0 Å². The number of benzene rings is 3. The molecule has 0 unspecified atom stereocenters. The van der Waals surface area contributed by atoms with E-state index in [9.17, 15) is 9.59 Å². The lowest BCUT2D eigenvalue weighted by Crippen LogP contribution is -2.24. The van der Waals surface area contributed by atoms with Crippen molar-refractivity contribution in [3.63, 3.8) is 0 Å². The van der Waals surface area contributed by atoms with Crippen LogP contribution in [0.3, 0.4) is 0 Å². The number of amides is 1. The molecule has 0 radical (unpaired) electrons. The van der Waals surface area contributed by atoms with E-state index in [0.717, 1.165) is 39.1 Å². The number of H-pyrrole nitrogens is 1. The van der Waals surface area contributed by atoms with Gasteiger partial charge in [0, 0.05) is 24.5 Å². The van der Waals surface area contributed by atoms with Crippen LogP contribution in [0.4, 0.5) is 5.69 Å². The number of hydrogen-bond acceptors (Lipinski definition) is 3. The second-order valence-electron chi connectivity index (χ2n) is 8.00. The third-order valence-corrected chi connectivity index (χ3v) is 5.73. The molecule has 0 aliphatic rings. The van der Waals surface area contributed by atoms with Gasteiger partial charge in [-0.25, -0.2) is 4.98 Å². The molecule has 0 bridgehead atoms. The van der Waals surface area contributed by atoms with Crippen LogP contribution in [0.2, 0.25) is 0 Å². The fraction of sp³-hybridized carbons (Fsp3) is 0.0741. The summed E-state index contributed by atoms with van der Waals surface area (Å²) in [5, 5.41) is 2.67. The largest absolute Gasteiger partial charge is 0.348 e. The molecular weight excluding hydrogens is 412 g/mol. The van der Waals surface area contributed by atoms with Crippen molar-refractivity contribution in [2.75, 3.05) is 5.32 Å². The molecule has 0 saturated heterocycles. The van der Waals surface area contributed by atoms with Crippen LogP contribution in [0, 0.1) is 6.92 Å². The molecule has 5 rings (SSSR count). The van der Waals surface area contributed by atoms with Crippen LogP contribution in [-0.2, 0) is 11.8 Å². The maximum Gasteiger partial charge on any atom is 0.298 e. The molecule has 1 amide bonds. The summed E-state index contributed by atoms with van der Waals surface area (Å²) in [5.41, 5.74) is 7.14. The van der Waals surface area contributed by atoms with Gasteiger partial charge in [0.25, 0.3) is 11.7 Å². The summed E-state index contributed by atoms with van der Waals surface area (Å²) in [7, 11) is 1.73. The third-order valence-electron chi connectivity index (χ3n) is 5.73. The number of aromatic nitrogens is 3. The number of hydrogen-bond donors (Lipinski definition) is 2. The first-order chi connectivity index (χ1) is 16.0. The highest BCUT2D eigenvalue weighted by Gasteiger charge is 2.18. The Morgan fingerprint density at radius 2 is 1.52 bits per heavy atom. The maximum absolute atomic E-state index is 12.3. The molecule has 6 nitrogen and oxygen atoms in total. The molecule has 162 valence electrons. The van der Waals surface area contributed by atoms with E-state index in [0.29, 0.717) is 11.4 Å². The number of nitrogens with zero attached hydrogens (tertiary/aromatic N) is 2. The number of rotatable bonds is 5. The SMILES string of the molecule is Cc1cccc2[nH]c(-c3ccc(-c4ccc(NC(=O)C(=O)c5cccn5C)cc4)cc3)nc12. The average molecular weight is 434 g/mol. The van der Waals surface area contributed by atoms with Crippen molar-refractivity contribution in [3.05, 3.63) is 96.3 Å². The number of aryl methyl sites for hydroxylation is 2. The van der Waals surface area contributed by atoms with Crippen molar-refractivity contribution in [2.24, 2.45) is 7.05 Å². The molecule has 0 aliphatic heterocycles. The van der Waals surface area contributed by atoms with Crippen LogP contribution >= 0.6 is 0 Å². The first kappa shape index (κ1) is 20.5. The summed E-state index contributed by atoms with van der Waals surface area (Å²) in [6.45, 7) is 2.06. The van der Waals surface area contributed by atoms with Crippen LogP contribution in [0.1, 0.15) is 16.1 Å². The number of anilines is 1. The van der Waals surface area contributed by atoms with Gasteiger partial charge >= 0.3 is 0 Å². The zero-order valence-corrected chi connectivity index (χ0v) is 18.3. The van der Waals surface area contributed by atoms with Crippen molar-refractivity contribution >= 4 is 28.4 Å². The Balaban J connectivity index is 1.31. The second kappa shape index (κ2) is 8.24. The molecule has 0 atom stereocenters. The lowest BCUT2D eigenvalue weighted by molar-refractivity contribution is -0.112. The Hall–Kier alpha value is -4.45. The topological polar surface area (TPSA) is 79.8 Å². The first-order valence-corrected chi connectivity index (χ1v) is 10.6. The number of nitrogens with one attached hydrogen (secondary N) is 2. The maximum atomic E-state index is 12.3. The summed E-state index contributed by atoms with van der Waals surface area (Å²) in [4.78, 5) is 32.7. The standard InChI is InChI=1S/C27H22N4O2/c1-17-5-3-6-22-24(17)30-26(29-22)20-10-8-18(9-11-20)19-12-14-21(15-13-19)28-27(33)25(32)23-7-4-16-31(23)2/h3-16H,1-2H3,(H,28,33)(H,29,30). The van der Waals surface area contributed by atoms with Crippen LogP contribution < -0.4 is 5.32 Å². The van der Waals surface area contributed by atoms with E-state index in [2.05, 4.69) is 23.3 Å². The Labute approximate surface area is 190 Å². The number of aromatic amines is 1. The Kier molecular flexibility index (Phi) is 5.11. The number of fused-ring (bicyclic) bond motifs is 1. The molecule has 2 heterocycles. The molecule has 2 aromatic heterocycles. The monoisotopic (exact) mass is 434 g/mol. The normalized spacial score (nSPS) is 11.0. The first-order valence-electron chi connectivity index (χ1n) is 10.6. The van der Waals surface area contributed by atoms with Gasteiger partial charge in [-0.2, -0.15) is 0 Å². The molecule has 5 aromatic rings. The number of carbonyl (C=O) groups excluding carboxylic acids is 2. The Bertz CT molecular complexity index is 1480. The van der Waals surface area contributed by atoms with Crippen LogP contribution in [-0.4, -0.2) is 26.2 Å². The molecular formula is C27H22N4O2. The van der Waals surface area contributed by atoms with Crippen molar-refractivity contribution in [3.8, 4) is 22.5 Å². The highest BCUT2D eigenvalue weighted by molar-refractivity contribution is 6.46. The Morgan fingerprint density at radius 3 is 2.15 bits per heavy atom. The molecule has 33 heavy (non-hydrogen) atoms. The number of imidazole rings is 1. The lowest BCUT2D eigenvalue weighted by Gasteiger charge is -2.07. The van der Waals surface area contributed by atoms with E-state index in [1.165, 1.54) is 0 Å². The minimum atomic E-state index is -0.657. The molecule has 0 aliphatic carbocycles. The average Bonchev–Trinajstić information content (AvgIpc) is 3.46. The van der Waals surface area contributed by atoms with E-state index in [1.54, 1.807) is 42.1 Å². The summed E-state index contributed by atoms with van der Waals surface area (Å²) >= 11 is 0. The van der Waals surface area contributed by atoms with Gasteiger partial charge in [-0.15, -0.1) is 0 Å². The van der Waals surface area contributed by atoms with Gasteiger partial charge in [0.05, 0.1) is 16.7 Å². The zero-order chi connectivity index (χ0) is 22.9. The van der Waals surface area contributed by atoms with E-state index in [4.69, 9.17) is 4.98 Å². The van der Waals surface area contributed by atoms with E-state index < -0.39 is 11.7 Å². The quantitative estimate of drug-likeness (QED) is 0.288. The van der Waals surface area contributed by atoms with Crippen molar-refractivity contribution < 1.29 is 9.59 Å². The fourth-order valence-electron chi connectivity index (χ4n) is 3.88. The lowest BCUT2D eigenvalue weighted by atomic mass is 10.0. The molecule has 0 saturated carbocycles. The molecule has 6 heteroatoms. The van der Waals surface area contributed by atoms with Gasteiger partial charge in [0.1, 0.15) is 5.82 Å². The highest BCUT2D eigenvalue weighted by Crippen LogP contribution is 2.27. The summed E-state index contributed by atoms with van der Waals surface area (Å²) < 4.78 is 1.63. The van der Waals surface area contributed by atoms with E-state index >= 15 is 0 Å². The number of para-hydroxylation sites is 1. The van der Waals surface area contributed by atoms with Crippen molar-refractivity contribution in [1.82, 2.24) is 14.5 Å². The second-order valence-corrected chi connectivity index (χ2v) is 8.00. The van der Waals surface area contributed by atoms with Gasteiger partial charge in [0.2, 0.25) is 0 Å². The van der Waals surface area contributed by atoms with Gasteiger partial charge in [-0.1, -0.05) is 48.5 Å². The van der Waals surface area contributed by atoms with Gasteiger partial charge in [-0.05, 0) is 53.9 Å². The summed E-state index contributed by atoms with van der Waals surface area (Å²) in [5.74, 6) is -0.385. The van der Waals surface area contributed by atoms with Crippen LogP contribution in [0.15, 0.2) is 85.1 Å². The third kappa shape index (κ3) is 3.94. The summed E-state index contributed by atoms with van der Waals surface area (Å²) in [6, 6.07) is 25.0. The molecule has 3 aromatic carbocycles. The minimum Gasteiger partial charge on any atom is -0.348 e. The van der Waals surface area contributed by atoms with E-state index in [-0.39, 0.29) is 0 Å². The smallest absolute Gasteiger partial charge is 0.298 e. The van der Waals surface area contributed by atoms with Crippen LogP contribution in [0.5, 0.6) is 0 Å². The molecule has 0 fully saturated rings. The number of ketones is 1. The predicted octanol–water partition coefficient (Wildman–Crippen LogP) is 5.37. The minimum absolute atomic E-state index is 0.351. The fourth-order valence-corrected chi connectivity index (χ4v) is 3.88. The van der Waals surface area contributed by atoms with Crippen molar-refractivity contribution in [2.45, 2.75) is 6.92 Å². The van der Waals surface area contributed by atoms with Gasteiger partial charge < -0.3 is 14.9 Å². The van der Waals surface area contributed by atoms with Gasteiger partial charge in [-0.3, -0.25) is 9.59 Å². The highest BCUT2D eigenvalue weighted by atomic mass is 16.2. The summed E-state index contributed by atoms with van der Waals surface area (Å²) in [6.07, 6.45) is 1.73.